The number of carbonyl (C=O) groups excluding carboxylic acids is 2. The number of rotatable bonds is 5. The second-order valence-corrected chi connectivity index (χ2v) is 7.77. The molecule has 0 radical (unpaired) electrons. The Morgan fingerprint density at radius 3 is 2.92 bits per heavy atom. The number of fused-ring (bicyclic) bond motifs is 1. The van der Waals surface area contributed by atoms with Gasteiger partial charge in [0.2, 0.25) is 5.91 Å². The Kier molecular flexibility index (Phi) is 6.16. The van der Waals surface area contributed by atoms with Gasteiger partial charge in [-0.2, -0.15) is 0 Å². The Balaban J connectivity index is 1.42. The van der Waals surface area contributed by atoms with Gasteiger partial charge in [-0.15, -0.1) is 11.3 Å². The van der Waals surface area contributed by atoms with Gasteiger partial charge in [0, 0.05) is 49.5 Å². The molecule has 1 aromatic carbocycles. The lowest BCUT2D eigenvalue weighted by Gasteiger charge is -2.27. The van der Waals surface area contributed by atoms with Gasteiger partial charge in [-0.05, 0) is 35.1 Å². The van der Waals surface area contributed by atoms with Crippen molar-refractivity contribution in [2.75, 3.05) is 20.1 Å². The smallest absolute Gasteiger partial charge is 0.317 e. The molecule has 0 unspecified atom stereocenters. The van der Waals surface area contributed by atoms with Crippen LogP contribution in [0.1, 0.15) is 22.4 Å². The largest absolute Gasteiger partial charge is 0.338 e. The fourth-order valence-electron chi connectivity index (χ4n) is 2.98. The van der Waals surface area contributed by atoms with Gasteiger partial charge in [0.25, 0.3) is 0 Å². The fraction of sp³-hybridized carbons (Fsp3) is 0.368. The number of halogens is 1. The van der Waals surface area contributed by atoms with Gasteiger partial charge in [0.15, 0.2) is 0 Å². The second-order valence-electron chi connectivity index (χ2n) is 6.36. The standard InChI is InChI=1S/C19H22ClN3O2S/c1-22(12-14-4-2-3-5-16(14)20)19(25)21-9-6-18(24)23-10-7-17-15(13-23)8-11-26-17/h2-5,8,11H,6-7,9-10,12-13H2,1H3,(H,21,25). The van der Waals surface area contributed by atoms with Gasteiger partial charge in [0.1, 0.15) is 0 Å². The minimum atomic E-state index is -0.212. The fourth-order valence-corrected chi connectivity index (χ4v) is 4.07. The predicted molar refractivity (Wildman–Crippen MR) is 104 cm³/mol. The van der Waals surface area contributed by atoms with Crippen LogP contribution in [0, 0.1) is 0 Å². The zero-order valence-corrected chi connectivity index (χ0v) is 16.3. The minimum Gasteiger partial charge on any atom is -0.338 e. The van der Waals surface area contributed by atoms with E-state index in [4.69, 9.17) is 11.6 Å². The number of benzene rings is 1. The Morgan fingerprint density at radius 1 is 1.31 bits per heavy atom. The Morgan fingerprint density at radius 2 is 2.12 bits per heavy atom. The van der Waals surface area contributed by atoms with Gasteiger partial charge in [-0.1, -0.05) is 29.8 Å². The number of hydrogen-bond donors (Lipinski definition) is 1. The third-order valence-electron chi connectivity index (χ3n) is 4.49. The maximum atomic E-state index is 12.4. The topological polar surface area (TPSA) is 52.7 Å². The highest BCUT2D eigenvalue weighted by Gasteiger charge is 2.21. The molecule has 0 saturated heterocycles. The average molecular weight is 392 g/mol. The van der Waals surface area contributed by atoms with Crippen molar-refractivity contribution >= 4 is 34.9 Å². The number of amides is 3. The number of carbonyl (C=O) groups is 2. The molecule has 1 aliphatic rings. The van der Waals surface area contributed by atoms with Gasteiger partial charge in [0.05, 0.1) is 0 Å². The molecule has 0 saturated carbocycles. The predicted octanol–water partition coefficient (Wildman–Crippen LogP) is 3.52. The van der Waals surface area contributed by atoms with Crippen molar-refractivity contribution in [1.82, 2.24) is 15.1 Å². The molecule has 26 heavy (non-hydrogen) atoms. The molecule has 0 aliphatic carbocycles. The summed E-state index contributed by atoms with van der Waals surface area (Å²) in [6.07, 6.45) is 1.23. The van der Waals surface area contributed by atoms with Gasteiger partial charge in [-0.25, -0.2) is 4.79 Å². The van der Waals surface area contributed by atoms with Crippen molar-refractivity contribution in [3.63, 3.8) is 0 Å². The summed E-state index contributed by atoms with van der Waals surface area (Å²) in [5, 5.41) is 5.52. The number of nitrogens with zero attached hydrogens (tertiary/aromatic N) is 2. The third kappa shape index (κ3) is 4.56. The zero-order chi connectivity index (χ0) is 18.5. The molecule has 1 aromatic heterocycles. The molecule has 7 heteroatoms. The normalized spacial score (nSPS) is 13.2. The molecule has 0 fully saturated rings. The average Bonchev–Trinajstić information content (AvgIpc) is 3.11. The number of nitrogens with one attached hydrogen (secondary N) is 1. The molecular weight excluding hydrogens is 370 g/mol. The first-order valence-corrected chi connectivity index (χ1v) is 9.85. The third-order valence-corrected chi connectivity index (χ3v) is 5.88. The van der Waals surface area contributed by atoms with E-state index in [9.17, 15) is 9.59 Å². The van der Waals surface area contributed by atoms with Crippen molar-refractivity contribution in [2.45, 2.75) is 25.9 Å². The van der Waals surface area contributed by atoms with Gasteiger partial charge in [-0.3, -0.25) is 4.79 Å². The second kappa shape index (κ2) is 8.56. The number of thiophene rings is 1. The summed E-state index contributed by atoms with van der Waals surface area (Å²) in [6, 6.07) is 9.32. The molecule has 1 aliphatic heterocycles. The summed E-state index contributed by atoms with van der Waals surface area (Å²) in [4.78, 5) is 29.4. The van der Waals surface area contributed by atoms with Crippen LogP contribution in [0.3, 0.4) is 0 Å². The van der Waals surface area contributed by atoms with Crippen molar-refractivity contribution in [1.29, 1.82) is 0 Å². The molecule has 5 nitrogen and oxygen atoms in total. The van der Waals surface area contributed by atoms with E-state index in [1.165, 1.54) is 10.4 Å². The maximum absolute atomic E-state index is 12.4. The monoisotopic (exact) mass is 391 g/mol. The minimum absolute atomic E-state index is 0.0795. The Bertz CT molecular complexity index is 793. The summed E-state index contributed by atoms with van der Waals surface area (Å²) < 4.78 is 0. The Labute approximate surface area is 162 Å². The molecule has 138 valence electrons. The zero-order valence-electron chi connectivity index (χ0n) is 14.7. The van der Waals surface area contributed by atoms with Crippen LogP contribution in [-0.2, 0) is 24.3 Å². The molecular formula is C19H22ClN3O2S. The summed E-state index contributed by atoms with van der Waals surface area (Å²) in [7, 11) is 1.71. The van der Waals surface area contributed by atoms with Gasteiger partial charge >= 0.3 is 6.03 Å². The van der Waals surface area contributed by atoms with Crippen LogP contribution in [-0.4, -0.2) is 41.9 Å². The molecule has 2 heterocycles. The first-order chi connectivity index (χ1) is 12.5. The van der Waals surface area contributed by atoms with E-state index in [1.807, 2.05) is 23.1 Å². The lowest BCUT2D eigenvalue weighted by molar-refractivity contribution is -0.131. The maximum Gasteiger partial charge on any atom is 0.317 e. The van der Waals surface area contributed by atoms with E-state index in [-0.39, 0.29) is 11.9 Å². The molecule has 3 rings (SSSR count). The van der Waals surface area contributed by atoms with Crippen LogP contribution in [0.25, 0.3) is 0 Å². The van der Waals surface area contributed by atoms with E-state index in [0.717, 1.165) is 18.5 Å². The van der Waals surface area contributed by atoms with Crippen molar-refractivity contribution in [3.8, 4) is 0 Å². The molecule has 0 spiro atoms. The lowest BCUT2D eigenvalue weighted by Crippen LogP contribution is -2.40. The quantitative estimate of drug-likeness (QED) is 0.847. The summed E-state index contributed by atoms with van der Waals surface area (Å²) >= 11 is 7.88. The first kappa shape index (κ1) is 18.7. The SMILES string of the molecule is CN(Cc1ccccc1Cl)C(=O)NCCC(=O)N1CCc2sccc2C1. The molecule has 1 N–H and O–H groups in total. The van der Waals surface area contributed by atoms with E-state index in [0.29, 0.717) is 31.1 Å². The van der Waals surface area contributed by atoms with Crippen LogP contribution in [0.15, 0.2) is 35.7 Å². The highest BCUT2D eigenvalue weighted by Crippen LogP contribution is 2.24. The van der Waals surface area contributed by atoms with E-state index in [1.54, 1.807) is 29.4 Å². The number of hydrogen-bond acceptors (Lipinski definition) is 3. The highest BCUT2D eigenvalue weighted by atomic mass is 35.5. The van der Waals surface area contributed by atoms with E-state index >= 15 is 0 Å². The van der Waals surface area contributed by atoms with Crippen molar-refractivity contribution in [3.05, 3.63) is 56.7 Å². The van der Waals surface area contributed by atoms with Crippen molar-refractivity contribution in [2.24, 2.45) is 0 Å². The van der Waals surface area contributed by atoms with Gasteiger partial charge < -0.3 is 15.1 Å². The highest BCUT2D eigenvalue weighted by molar-refractivity contribution is 7.10. The molecule has 2 aromatic rings. The van der Waals surface area contributed by atoms with Crippen LogP contribution in [0.2, 0.25) is 5.02 Å². The van der Waals surface area contributed by atoms with Crippen molar-refractivity contribution < 1.29 is 9.59 Å². The number of urea groups is 1. The van der Waals surface area contributed by atoms with Crippen LogP contribution in [0.5, 0.6) is 0 Å². The van der Waals surface area contributed by atoms with Crippen LogP contribution < -0.4 is 5.32 Å². The van der Waals surface area contributed by atoms with E-state index in [2.05, 4.69) is 16.8 Å². The van der Waals surface area contributed by atoms with Crippen LogP contribution in [0.4, 0.5) is 4.79 Å². The Hall–Kier alpha value is -2.05. The molecule has 0 atom stereocenters. The lowest BCUT2D eigenvalue weighted by atomic mass is 10.1. The summed E-state index contributed by atoms with van der Waals surface area (Å²) in [5.41, 5.74) is 2.14. The summed E-state index contributed by atoms with van der Waals surface area (Å²) in [5.74, 6) is 0.0795. The van der Waals surface area contributed by atoms with Crippen LogP contribution >= 0.6 is 22.9 Å². The van der Waals surface area contributed by atoms with E-state index < -0.39 is 0 Å². The molecule has 0 bridgehead atoms. The molecule has 3 amide bonds. The summed E-state index contributed by atoms with van der Waals surface area (Å²) in [6.45, 7) is 2.19. The first-order valence-electron chi connectivity index (χ1n) is 8.60.